The molecule has 0 aromatic carbocycles. The van der Waals surface area contributed by atoms with E-state index in [1.54, 1.807) is 20.8 Å². The highest BCUT2D eigenvalue weighted by Gasteiger charge is 2.30. The minimum atomic E-state index is -3.53. The molecule has 7 heteroatoms. The van der Waals surface area contributed by atoms with Crippen molar-refractivity contribution >= 4 is 31.0 Å². The van der Waals surface area contributed by atoms with E-state index in [0.717, 1.165) is 0 Å². The second kappa shape index (κ2) is 7.88. The lowest BCUT2D eigenvalue weighted by molar-refractivity contribution is 0.0768. The molecule has 2 unspecified atom stereocenters. The van der Waals surface area contributed by atoms with Gasteiger partial charge in [0.15, 0.2) is 0 Å². The van der Waals surface area contributed by atoms with Gasteiger partial charge in [-0.05, 0) is 20.8 Å². The predicted octanol–water partition coefficient (Wildman–Crippen LogP) is 3.42. The molecule has 0 heterocycles. The van der Waals surface area contributed by atoms with Crippen molar-refractivity contribution in [1.29, 1.82) is 0 Å². The van der Waals surface area contributed by atoms with Crippen molar-refractivity contribution in [2.45, 2.75) is 33.0 Å². The van der Waals surface area contributed by atoms with E-state index in [-0.39, 0.29) is 18.4 Å². The van der Waals surface area contributed by atoms with Crippen LogP contribution in [0, 0.1) is 0 Å². The van der Waals surface area contributed by atoms with Gasteiger partial charge < -0.3 is 0 Å². The molecule has 0 fully saturated rings. The standard InChI is InChI=1S/C8H17Cl2O4P/c1-4-12-15(11,13-7(2)5-9)14-8(3)6-10/h7-8H,4-6H2,1-3H3. The first-order valence-electron chi connectivity index (χ1n) is 4.70. The first kappa shape index (κ1) is 15.7. The number of rotatable bonds is 8. The predicted molar refractivity (Wildman–Crippen MR) is 61.8 cm³/mol. The second-order valence-corrected chi connectivity index (χ2v) is 5.20. The lowest BCUT2D eigenvalue weighted by atomic mass is 10.5. The Balaban J connectivity index is 4.37. The summed E-state index contributed by atoms with van der Waals surface area (Å²) in [7, 11) is -3.53. The largest absolute Gasteiger partial charge is 0.475 e. The maximum absolute atomic E-state index is 12.0. The summed E-state index contributed by atoms with van der Waals surface area (Å²) in [5, 5.41) is 0. The molecular formula is C8H17Cl2O4P. The third-order valence-corrected chi connectivity index (χ3v) is 4.02. The first-order chi connectivity index (χ1) is 6.97. The van der Waals surface area contributed by atoms with Crippen LogP contribution < -0.4 is 0 Å². The maximum Gasteiger partial charge on any atom is 0.475 e. The summed E-state index contributed by atoms with van der Waals surface area (Å²) in [4.78, 5) is 0. The van der Waals surface area contributed by atoms with E-state index in [9.17, 15) is 4.57 Å². The van der Waals surface area contributed by atoms with E-state index >= 15 is 0 Å². The maximum atomic E-state index is 12.0. The van der Waals surface area contributed by atoms with E-state index < -0.39 is 20.0 Å². The number of phosphoric acid groups is 1. The number of alkyl halides is 2. The molecule has 0 N–H and O–H groups in total. The lowest BCUT2D eigenvalue weighted by Gasteiger charge is -2.22. The van der Waals surface area contributed by atoms with Crippen LogP contribution in [-0.2, 0) is 18.1 Å². The van der Waals surface area contributed by atoms with Gasteiger partial charge in [-0.2, -0.15) is 0 Å². The summed E-state index contributed by atoms with van der Waals surface area (Å²) < 4.78 is 27.2. The highest BCUT2D eigenvalue weighted by molar-refractivity contribution is 7.48. The van der Waals surface area contributed by atoms with E-state index in [0.29, 0.717) is 0 Å². The minimum Gasteiger partial charge on any atom is -0.287 e. The van der Waals surface area contributed by atoms with Crippen LogP contribution in [0.2, 0.25) is 0 Å². The number of hydrogen-bond acceptors (Lipinski definition) is 4. The summed E-state index contributed by atoms with van der Waals surface area (Å²) >= 11 is 11.1. The third kappa shape index (κ3) is 6.77. The van der Waals surface area contributed by atoms with Crippen molar-refractivity contribution in [2.75, 3.05) is 18.4 Å². The zero-order valence-corrected chi connectivity index (χ0v) is 11.5. The zero-order chi connectivity index (χ0) is 11.9. The Hall–Kier alpha value is 0.690. The Labute approximate surface area is 101 Å². The van der Waals surface area contributed by atoms with E-state index in [2.05, 4.69) is 0 Å². The molecule has 0 bridgehead atoms. The number of halogens is 2. The summed E-state index contributed by atoms with van der Waals surface area (Å²) in [5.41, 5.74) is 0. The molecule has 0 aromatic heterocycles. The van der Waals surface area contributed by atoms with Gasteiger partial charge in [0.1, 0.15) is 0 Å². The molecule has 0 aliphatic rings. The molecule has 0 amide bonds. The van der Waals surface area contributed by atoms with Crippen molar-refractivity contribution in [3.63, 3.8) is 0 Å². The monoisotopic (exact) mass is 278 g/mol. The van der Waals surface area contributed by atoms with Gasteiger partial charge in [0.25, 0.3) is 0 Å². The van der Waals surface area contributed by atoms with Crippen LogP contribution in [0.4, 0.5) is 0 Å². The topological polar surface area (TPSA) is 44.8 Å². The first-order valence-corrected chi connectivity index (χ1v) is 7.23. The molecule has 0 spiro atoms. The molecule has 0 aliphatic carbocycles. The smallest absolute Gasteiger partial charge is 0.287 e. The molecule has 0 radical (unpaired) electrons. The fraction of sp³-hybridized carbons (Fsp3) is 1.00. The Morgan fingerprint density at radius 1 is 1.13 bits per heavy atom. The van der Waals surface area contributed by atoms with Gasteiger partial charge in [-0.15, -0.1) is 23.2 Å². The van der Waals surface area contributed by atoms with Crippen molar-refractivity contribution in [2.24, 2.45) is 0 Å². The second-order valence-electron chi connectivity index (χ2n) is 3.01. The highest BCUT2D eigenvalue weighted by Crippen LogP contribution is 2.51. The zero-order valence-electron chi connectivity index (χ0n) is 9.11. The van der Waals surface area contributed by atoms with Crippen LogP contribution in [0.5, 0.6) is 0 Å². The highest BCUT2D eigenvalue weighted by atomic mass is 35.5. The Bertz CT molecular complexity index is 199. The normalized spacial score (nSPS) is 19.5. The van der Waals surface area contributed by atoms with Crippen LogP contribution in [0.25, 0.3) is 0 Å². The van der Waals surface area contributed by atoms with Crippen LogP contribution in [0.1, 0.15) is 20.8 Å². The van der Waals surface area contributed by atoms with Gasteiger partial charge in [-0.1, -0.05) is 0 Å². The molecule has 15 heavy (non-hydrogen) atoms. The average Bonchev–Trinajstić information content (AvgIpc) is 2.17. The molecule has 4 nitrogen and oxygen atoms in total. The van der Waals surface area contributed by atoms with Gasteiger partial charge in [0.05, 0.1) is 18.8 Å². The summed E-state index contributed by atoms with van der Waals surface area (Å²) in [6.45, 7) is 5.32. The number of phosphoric ester groups is 1. The van der Waals surface area contributed by atoms with Crippen LogP contribution in [0.3, 0.4) is 0 Å². The van der Waals surface area contributed by atoms with Crippen LogP contribution in [-0.4, -0.2) is 30.6 Å². The van der Waals surface area contributed by atoms with Crippen molar-refractivity contribution < 1.29 is 18.1 Å². The molecule has 0 aromatic rings. The molecule has 0 rings (SSSR count). The molecule has 0 saturated heterocycles. The minimum absolute atomic E-state index is 0.218. The Kier molecular flexibility index (Phi) is 8.24. The average molecular weight is 279 g/mol. The third-order valence-electron chi connectivity index (χ3n) is 1.34. The quantitative estimate of drug-likeness (QED) is 0.504. The van der Waals surface area contributed by atoms with E-state index in [4.69, 9.17) is 36.8 Å². The molecule has 0 aliphatic heterocycles. The fourth-order valence-electron chi connectivity index (χ4n) is 0.741. The Morgan fingerprint density at radius 3 is 1.80 bits per heavy atom. The lowest BCUT2D eigenvalue weighted by Crippen LogP contribution is -2.15. The fourth-order valence-corrected chi connectivity index (χ4v) is 2.56. The van der Waals surface area contributed by atoms with Crippen LogP contribution in [0.15, 0.2) is 0 Å². The molecule has 0 saturated carbocycles. The summed E-state index contributed by atoms with van der Waals surface area (Å²) in [5.74, 6) is 0.436. The summed E-state index contributed by atoms with van der Waals surface area (Å²) in [6.07, 6.45) is -0.793. The van der Waals surface area contributed by atoms with Crippen molar-refractivity contribution in [1.82, 2.24) is 0 Å². The van der Waals surface area contributed by atoms with Gasteiger partial charge in [0, 0.05) is 11.8 Å². The molecular weight excluding hydrogens is 262 g/mol. The summed E-state index contributed by atoms with van der Waals surface area (Å²) in [6, 6.07) is 0. The van der Waals surface area contributed by atoms with Gasteiger partial charge in [0.2, 0.25) is 0 Å². The van der Waals surface area contributed by atoms with Gasteiger partial charge in [-0.3, -0.25) is 13.6 Å². The van der Waals surface area contributed by atoms with Crippen LogP contribution >= 0.6 is 31.0 Å². The van der Waals surface area contributed by atoms with E-state index in [1.165, 1.54) is 0 Å². The SMILES string of the molecule is CCOP(=O)(OC(C)CCl)OC(C)CCl. The van der Waals surface area contributed by atoms with Crippen molar-refractivity contribution in [3.8, 4) is 0 Å². The molecule has 2 atom stereocenters. The molecule has 92 valence electrons. The number of hydrogen-bond donors (Lipinski definition) is 0. The van der Waals surface area contributed by atoms with E-state index in [1.807, 2.05) is 0 Å². The Morgan fingerprint density at radius 2 is 1.53 bits per heavy atom. The van der Waals surface area contributed by atoms with Crippen molar-refractivity contribution in [3.05, 3.63) is 0 Å². The van der Waals surface area contributed by atoms with Gasteiger partial charge in [-0.25, -0.2) is 4.57 Å². The van der Waals surface area contributed by atoms with Gasteiger partial charge >= 0.3 is 7.82 Å².